The van der Waals surface area contributed by atoms with Crippen LogP contribution in [0.3, 0.4) is 0 Å². The maximum atomic E-state index is 13.5. The van der Waals surface area contributed by atoms with Crippen molar-refractivity contribution in [3.05, 3.63) is 125 Å². The van der Waals surface area contributed by atoms with Gasteiger partial charge in [0, 0.05) is 6.07 Å². The van der Waals surface area contributed by atoms with Crippen LogP contribution in [0.1, 0.15) is 22.3 Å². The van der Waals surface area contributed by atoms with E-state index in [1.165, 1.54) is 0 Å². The molecule has 0 saturated heterocycles. The fraction of sp³-hybridized carbons (Fsp3) is 0.133. The van der Waals surface area contributed by atoms with E-state index in [1.54, 1.807) is 26.4 Å². The standard InChI is InChI=1S/C30H29O6P/c1-32-29-19-27(20-30(21-29)33-2)14-13-24-15-17-28(18-16-24)36-37(31,34-22-25-9-5-3-6-10-25)35-23-26-11-7-4-8-12-26/h3-21H,22-23H2,1-2H3/b14-13+. The Kier molecular flexibility index (Phi) is 9.17. The van der Waals surface area contributed by atoms with Gasteiger partial charge in [0.1, 0.15) is 17.2 Å². The van der Waals surface area contributed by atoms with Gasteiger partial charge < -0.3 is 14.0 Å². The first-order valence-corrected chi connectivity index (χ1v) is 13.2. The van der Waals surface area contributed by atoms with Crippen LogP contribution in [0.5, 0.6) is 17.2 Å². The Morgan fingerprint density at radius 2 is 1.08 bits per heavy atom. The molecule has 0 heterocycles. The number of phosphoric acid groups is 1. The monoisotopic (exact) mass is 516 g/mol. The van der Waals surface area contributed by atoms with Crippen LogP contribution in [0.2, 0.25) is 0 Å². The van der Waals surface area contributed by atoms with E-state index in [-0.39, 0.29) is 13.2 Å². The van der Waals surface area contributed by atoms with Gasteiger partial charge in [-0.15, -0.1) is 0 Å². The van der Waals surface area contributed by atoms with Gasteiger partial charge in [0.2, 0.25) is 0 Å². The molecule has 0 unspecified atom stereocenters. The molecule has 0 aromatic heterocycles. The zero-order chi connectivity index (χ0) is 25.9. The largest absolute Gasteiger partial charge is 0.530 e. The smallest absolute Gasteiger partial charge is 0.497 e. The van der Waals surface area contributed by atoms with Gasteiger partial charge in [0.05, 0.1) is 27.4 Å². The SMILES string of the molecule is COc1cc(/C=C/c2ccc(OP(=O)(OCc3ccccc3)OCc3ccccc3)cc2)cc(OC)c1. The molecule has 0 bridgehead atoms. The van der Waals surface area contributed by atoms with E-state index in [9.17, 15) is 4.57 Å². The van der Waals surface area contributed by atoms with E-state index in [0.717, 1.165) is 22.3 Å². The molecular weight excluding hydrogens is 487 g/mol. The average molecular weight is 517 g/mol. The van der Waals surface area contributed by atoms with Crippen molar-refractivity contribution in [1.29, 1.82) is 0 Å². The molecule has 0 radical (unpaired) electrons. The Labute approximate surface area is 217 Å². The van der Waals surface area contributed by atoms with Gasteiger partial charge in [-0.1, -0.05) is 84.9 Å². The third kappa shape index (κ3) is 8.09. The Balaban J connectivity index is 1.46. The van der Waals surface area contributed by atoms with Crippen LogP contribution in [0.15, 0.2) is 103 Å². The first-order valence-electron chi connectivity index (χ1n) is 11.7. The van der Waals surface area contributed by atoms with Crippen molar-refractivity contribution in [2.24, 2.45) is 0 Å². The third-order valence-corrected chi connectivity index (χ3v) is 6.73. The first-order chi connectivity index (χ1) is 18.0. The highest BCUT2D eigenvalue weighted by atomic mass is 31.2. The minimum atomic E-state index is -3.91. The van der Waals surface area contributed by atoms with Crippen molar-refractivity contribution in [3.8, 4) is 17.2 Å². The molecule has 4 aromatic rings. The van der Waals surface area contributed by atoms with Crippen LogP contribution in [-0.4, -0.2) is 14.2 Å². The summed E-state index contributed by atoms with van der Waals surface area (Å²) in [5.41, 5.74) is 3.60. The molecule has 7 heteroatoms. The molecule has 4 aromatic carbocycles. The highest BCUT2D eigenvalue weighted by Gasteiger charge is 2.29. The van der Waals surface area contributed by atoms with E-state index >= 15 is 0 Å². The summed E-state index contributed by atoms with van der Waals surface area (Å²) in [5.74, 6) is 1.80. The number of methoxy groups -OCH3 is 2. The number of rotatable bonds is 12. The Morgan fingerprint density at radius 3 is 1.57 bits per heavy atom. The summed E-state index contributed by atoms with van der Waals surface area (Å²) < 4.78 is 41.4. The molecule has 190 valence electrons. The van der Waals surface area contributed by atoms with Crippen molar-refractivity contribution in [1.82, 2.24) is 0 Å². The van der Waals surface area contributed by atoms with Crippen molar-refractivity contribution in [2.45, 2.75) is 13.2 Å². The summed E-state index contributed by atoms with van der Waals surface area (Å²) in [6, 6.07) is 31.8. The average Bonchev–Trinajstić information content (AvgIpc) is 2.95. The molecule has 0 fully saturated rings. The zero-order valence-corrected chi connectivity index (χ0v) is 21.7. The van der Waals surface area contributed by atoms with Crippen molar-refractivity contribution < 1.29 is 27.6 Å². The molecule has 0 atom stereocenters. The molecule has 0 aliphatic heterocycles. The normalized spacial score (nSPS) is 11.4. The van der Waals surface area contributed by atoms with E-state index in [1.807, 2.05) is 103 Å². The van der Waals surface area contributed by atoms with Gasteiger partial charge in [-0.05, 0) is 46.5 Å². The minimum absolute atomic E-state index is 0.0950. The summed E-state index contributed by atoms with van der Waals surface area (Å²) in [7, 11) is -0.679. The van der Waals surface area contributed by atoms with Crippen LogP contribution < -0.4 is 14.0 Å². The quantitative estimate of drug-likeness (QED) is 0.141. The maximum Gasteiger partial charge on any atom is 0.530 e. The fourth-order valence-corrected chi connectivity index (χ4v) is 4.61. The second-order valence-corrected chi connectivity index (χ2v) is 9.70. The van der Waals surface area contributed by atoms with E-state index < -0.39 is 7.82 Å². The van der Waals surface area contributed by atoms with E-state index in [2.05, 4.69) is 0 Å². The molecule has 6 nitrogen and oxygen atoms in total. The Hall–Kier alpha value is -3.83. The molecule has 37 heavy (non-hydrogen) atoms. The first kappa shape index (κ1) is 26.2. The van der Waals surface area contributed by atoms with E-state index in [0.29, 0.717) is 17.2 Å². The lowest BCUT2D eigenvalue weighted by molar-refractivity contribution is 0.143. The molecule has 0 saturated carbocycles. The molecule has 0 amide bonds. The van der Waals surface area contributed by atoms with Gasteiger partial charge in [-0.25, -0.2) is 4.57 Å². The fourth-order valence-electron chi connectivity index (χ4n) is 3.43. The third-order valence-electron chi connectivity index (χ3n) is 5.40. The molecule has 0 aliphatic rings. The van der Waals surface area contributed by atoms with Crippen molar-refractivity contribution in [3.63, 3.8) is 0 Å². The van der Waals surface area contributed by atoms with Crippen molar-refractivity contribution in [2.75, 3.05) is 14.2 Å². The molecule has 4 rings (SSSR count). The molecule has 0 N–H and O–H groups in total. The second-order valence-electron chi connectivity index (χ2n) is 8.10. The summed E-state index contributed by atoms with van der Waals surface area (Å²) >= 11 is 0. The number of hydrogen-bond acceptors (Lipinski definition) is 6. The topological polar surface area (TPSA) is 63.2 Å². The summed E-state index contributed by atoms with van der Waals surface area (Å²) in [4.78, 5) is 0. The van der Waals surface area contributed by atoms with Crippen LogP contribution in [0.25, 0.3) is 12.2 Å². The van der Waals surface area contributed by atoms with E-state index in [4.69, 9.17) is 23.0 Å². The number of phosphoric ester groups is 1. The van der Waals surface area contributed by atoms with Gasteiger partial charge in [-0.2, -0.15) is 0 Å². The van der Waals surface area contributed by atoms with Gasteiger partial charge >= 0.3 is 7.82 Å². The highest BCUT2D eigenvalue weighted by molar-refractivity contribution is 7.48. The Morgan fingerprint density at radius 1 is 0.595 bits per heavy atom. The summed E-state index contributed by atoms with van der Waals surface area (Å²) in [6.45, 7) is 0.190. The van der Waals surface area contributed by atoms with Gasteiger partial charge in [0.15, 0.2) is 0 Å². The lowest BCUT2D eigenvalue weighted by Crippen LogP contribution is -2.03. The van der Waals surface area contributed by atoms with Crippen molar-refractivity contribution >= 4 is 20.0 Å². The number of ether oxygens (including phenoxy) is 2. The van der Waals surface area contributed by atoms with Gasteiger partial charge in [0.25, 0.3) is 0 Å². The molecule has 0 spiro atoms. The predicted molar refractivity (Wildman–Crippen MR) is 146 cm³/mol. The lowest BCUT2D eigenvalue weighted by atomic mass is 10.1. The minimum Gasteiger partial charge on any atom is -0.497 e. The second kappa shape index (κ2) is 12.9. The maximum absolute atomic E-state index is 13.5. The number of hydrogen-bond donors (Lipinski definition) is 0. The zero-order valence-electron chi connectivity index (χ0n) is 20.8. The van der Waals surface area contributed by atoms with Crippen LogP contribution in [0, 0.1) is 0 Å². The van der Waals surface area contributed by atoms with Crippen LogP contribution >= 0.6 is 7.82 Å². The summed E-state index contributed by atoms with van der Waals surface area (Å²) in [5, 5.41) is 0. The van der Waals surface area contributed by atoms with Gasteiger partial charge in [-0.3, -0.25) is 9.05 Å². The highest BCUT2D eigenvalue weighted by Crippen LogP contribution is 2.51. The van der Waals surface area contributed by atoms with Crippen LogP contribution in [0.4, 0.5) is 0 Å². The predicted octanol–water partition coefficient (Wildman–Crippen LogP) is 7.79. The summed E-state index contributed by atoms with van der Waals surface area (Å²) in [6.07, 6.45) is 3.91. The molecular formula is C30H29O6P. The Bertz CT molecular complexity index is 1270. The lowest BCUT2D eigenvalue weighted by Gasteiger charge is -2.19. The van der Waals surface area contributed by atoms with Crippen LogP contribution in [-0.2, 0) is 26.8 Å². The molecule has 0 aliphatic carbocycles. The number of benzene rings is 4.